The Hall–Kier alpha value is -3.29. The number of ether oxygens (including phenoxy) is 1. The quantitative estimate of drug-likeness (QED) is 0.539. The van der Waals surface area contributed by atoms with Gasteiger partial charge in [-0.15, -0.1) is 0 Å². The van der Waals surface area contributed by atoms with E-state index in [0.717, 1.165) is 50.5 Å². The van der Waals surface area contributed by atoms with E-state index in [1.807, 2.05) is 17.9 Å². The summed E-state index contributed by atoms with van der Waals surface area (Å²) in [5.74, 6) is 1.02. The van der Waals surface area contributed by atoms with E-state index >= 15 is 4.39 Å². The molecule has 5 heterocycles. The highest BCUT2D eigenvalue weighted by Crippen LogP contribution is 2.44. The van der Waals surface area contributed by atoms with Gasteiger partial charge in [0.25, 0.3) is 0 Å². The summed E-state index contributed by atoms with van der Waals surface area (Å²) >= 11 is 0. The molecule has 2 saturated heterocycles. The first-order chi connectivity index (χ1) is 16.9. The highest BCUT2D eigenvalue weighted by Gasteiger charge is 2.47. The zero-order chi connectivity index (χ0) is 24.3. The summed E-state index contributed by atoms with van der Waals surface area (Å²) in [6.07, 6.45) is 4.58. The van der Waals surface area contributed by atoms with Crippen molar-refractivity contribution < 1.29 is 9.13 Å². The normalized spacial score (nSPS) is 25.7. The standard InChI is InChI=1S/C25H29FN8O/c1-14-6-9-34(17-5-4-16(28-3)20(26)19(14)17)24-21-23(31-32-24)30-18(12-29-21)33-10-7-25(8-11-33)13-35-15(2)22(25)27/h4-5,12,14-15,22H,6-11,13,27H2,1-2H3,(H,30,31,32)/t14-,15-,22+/m0/s1. The highest BCUT2D eigenvalue weighted by molar-refractivity contribution is 5.88. The van der Waals surface area contributed by atoms with Crippen LogP contribution < -0.4 is 15.5 Å². The Bertz CT molecular complexity index is 1320. The lowest BCUT2D eigenvalue weighted by Crippen LogP contribution is -2.50. The van der Waals surface area contributed by atoms with Gasteiger partial charge in [-0.3, -0.25) is 5.10 Å². The Morgan fingerprint density at radius 3 is 2.77 bits per heavy atom. The van der Waals surface area contributed by atoms with Crippen molar-refractivity contribution in [2.24, 2.45) is 11.1 Å². The molecule has 0 unspecified atom stereocenters. The third-order valence-electron chi connectivity index (χ3n) is 8.25. The number of nitrogens with two attached hydrogens (primary N) is 1. The molecule has 2 fully saturated rings. The van der Waals surface area contributed by atoms with E-state index in [1.54, 1.807) is 6.20 Å². The lowest BCUT2D eigenvalue weighted by molar-refractivity contribution is 0.0974. The molecule has 0 bridgehead atoms. The van der Waals surface area contributed by atoms with Gasteiger partial charge in [0.2, 0.25) is 5.69 Å². The molecule has 10 heteroatoms. The fraction of sp³-hybridized carbons (Fsp3) is 0.520. The maximum atomic E-state index is 15.0. The minimum absolute atomic E-state index is 0.0228. The van der Waals surface area contributed by atoms with Crippen LogP contribution in [0.2, 0.25) is 0 Å². The molecule has 9 nitrogen and oxygen atoms in total. The summed E-state index contributed by atoms with van der Waals surface area (Å²) in [7, 11) is 0. The number of rotatable bonds is 2. The molecule has 3 aliphatic rings. The zero-order valence-corrected chi connectivity index (χ0v) is 20.0. The van der Waals surface area contributed by atoms with Crippen LogP contribution in [0.1, 0.15) is 44.6 Å². The largest absolute Gasteiger partial charge is 0.376 e. The van der Waals surface area contributed by atoms with Crippen molar-refractivity contribution in [1.82, 2.24) is 20.2 Å². The molecule has 0 aliphatic carbocycles. The van der Waals surface area contributed by atoms with Crippen molar-refractivity contribution >= 4 is 34.2 Å². The molecule has 1 aromatic carbocycles. The topological polar surface area (TPSA) is 101 Å². The van der Waals surface area contributed by atoms with Gasteiger partial charge in [-0.25, -0.2) is 19.2 Å². The minimum Gasteiger partial charge on any atom is -0.376 e. The van der Waals surface area contributed by atoms with Crippen LogP contribution in [0.25, 0.3) is 16.0 Å². The van der Waals surface area contributed by atoms with Crippen molar-refractivity contribution in [3.05, 3.63) is 41.1 Å². The van der Waals surface area contributed by atoms with E-state index in [4.69, 9.17) is 27.0 Å². The molecular formula is C25H29FN8O. The van der Waals surface area contributed by atoms with Gasteiger partial charge in [0.05, 0.1) is 25.5 Å². The van der Waals surface area contributed by atoms with Crippen LogP contribution in [-0.4, -0.2) is 58.6 Å². The summed E-state index contributed by atoms with van der Waals surface area (Å²) in [5.41, 5.74) is 9.12. The molecule has 1 spiro atoms. The molecule has 3 aliphatic heterocycles. The van der Waals surface area contributed by atoms with Crippen molar-refractivity contribution in [3.63, 3.8) is 0 Å². The number of fused-ring (bicyclic) bond motifs is 2. The van der Waals surface area contributed by atoms with Gasteiger partial charge in [0, 0.05) is 42.3 Å². The van der Waals surface area contributed by atoms with Gasteiger partial charge in [0.15, 0.2) is 17.0 Å². The molecule has 0 saturated carbocycles. The molecule has 6 rings (SSSR count). The van der Waals surface area contributed by atoms with E-state index in [0.29, 0.717) is 29.1 Å². The zero-order valence-electron chi connectivity index (χ0n) is 20.0. The van der Waals surface area contributed by atoms with E-state index in [2.05, 4.69) is 26.9 Å². The third kappa shape index (κ3) is 3.37. The van der Waals surface area contributed by atoms with Crippen molar-refractivity contribution in [2.45, 2.75) is 51.2 Å². The van der Waals surface area contributed by atoms with Crippen LogP contribution in [0.5, 0.6) is 0 Å². The predicted octanol–water partition coefficient (Wildman–Crippen LogP) is 4.02. The second kappa shape index (κ2) is 8.14. The third-order valence-corrected chi connectivity index (χ3v) is 8.25. The van der Waals surface area contributed by atoms with Crippen molar-refractivity contribution in [2.75, 3.05) is 36.0 Å². The van der Waals surface area contributed by atoms with Crippen LogP contribution >= 0.6 is 0 Å². The summed E-state index contributed by atoms with van der Waals surface area (Å²) in [6.45, 7) is 14.4. The van der Waals surface area contributed by atoms with Gasteiger partial charge < -0.3 is 20.3 Å². The number of nitrogens with zero attached hydrogens (tertiary/aromatic N) is 6. The lowest BCUT2D eigenvalue weighted by atomic mass is 9.73. The number of hydrogen-bond acceptors (Lipinski definition) is 7. The average molecular weight is 477 g/mol. The maximum absolute atomic E-state index is 15.0. The summed E-state index contributed by atoms with van der Waals surface area (Å²) in [4.78, 5) is 17.1. The van der Waals surface area contributed by atoms with Gasteiger partial charge in [-0.2, -0.15) is 5.10 Å². The molecule has 3 N–H and O–H groups in total. The average Bonchev–Trinajstić information content (AvgIpc) is 3.41. The number of halogens is 1. The fourth-order valence-corrected chi connectivity index (χ4v) is 5.94. The molecule has 0 radical (unpaired) electrons. The van der Waals surface area contributed by atoms with Crippen LogP contribution in [0.15, 0.2) is 18.3 Å². The Morgan fingerprint density at radius 1 is 1.26 bits per heavy atom. The predicted molar refractivity (Wildman–Crippen MR) is 132 cm³/mol. The summed E-state index contributed by atoms with van der Waals surface area (Å²) in [6, 6.07) is 3.42. The van der Waals surface area contributed by atoms with Gasteiger partial charge in [-0.05, 0) is 38.2 Å². The lowest BCUT2D eigenvalue weighted by Gasteiger charge is -2.41. The molecule has 182 valence electrons. The van der Waals surface area contributed by atoms with Gasteiger partial charge >= 0.3 is 0 Å². The molecule has 2 aromatic heterocycles. The second-order valence-corrected chi connectivity index (χ2v) is 10.1. The monoisotopic (exact) mass is 476 g/mol. The Kier molecular flexibility index (Phi) is 5.16. The van der Waals surface area contributed by atoms with E-state index in [-0.39, 0.29) is 29.2 Å². The van der Waals surface area contributed by atoms with Crippen molar-refractivity contribution in [3.8, 4) is 0 Å². The molecular weight excluding hydrogens is 447 g/mol. The minimum atomic E-state index is -0.437. The van der Waals surface area contributed by atoms with Crippen LogP contribution in [0.3, 0.4) is 0 Å². The van der Waals surface area contributed by atoms with E-state index < -0.39 is 5.82 Å². The number of hydrogen-bond donors (Lipinski definition) is 2. The van der Waals surface area contributed by atoms with Crippen LogP contribution in [0.4, 0.5) is 27.4 Å². The van der Waals surface area contributed by atoms with Crippen LogP contribution in [0, 0.1) is 17.8 Å². The number of H-pyrrole nitrogens is 1. The number of piperidine rings is 1. The number of aromatic amines is 1. The first-order valence-electron chi connectivity index (χ1n) is 12.2. The first kappa shape index (κ1) is 22.2. The number of aromatic nitrogens is 4. The van der Waals surface area contributed by atoms with Crippen LogP contribution in [-0.2, 0) is 4.74 Å². The Balaban J connectivity index is 1.28. The van der Waals surface area contributed by atoms with E-state index in [1.165, 1.54) is 6.07 Å². The first-order valence-corrected chi connectivity index (χ1v) is 12.2. The smallest absolute Gasteiger partial charge is 0.222 e. The second-order valence-electron chi connectivity index (χ2n) is 10.1. The summed E-state index contributed by atoms with van der Waals surface area (Å²) < 4.78 is 20.9. The van der Waals surface area contributed by atoms with Crippen molar-refractivity contribution in [1.29, 1.82) is 0 Å². The fourth-order valence-electron chi connectivity index (χ4n) is 5.94. The summed E-state index contributed by atoms with van der Waals surface area (Å²) in [5, 5.41) is 7.55. The number of benzene rings is 1. The molecule has 0 amide bonds. The Morgan fingerprint density at radius 2 is 2.06 bits per heavy atom. The van der Waals surface area contributed by atoms with E-state index in [9.17, 15) is 0 Å². The number of nitrogens with one attached hydrogen (secondary N) is 1. The Labute approximate surface area is 203 Å². The molecule has 35 heavy (non-hydrogen) atoms. The van der Waals surface area contributed by atoms with Gasteiger partial charge in [0.1, 0.15) is 11.6 Å². The highest BCUT2D eigenvalue weighted by atomic mass is 19.1. The SMILES string of the molecule is [C-]#[N+]c1ccc2c(c1F)[C@@H](C)CCN2c1n[nH]c2nc(N3CCC4(CC3)CO[C@@H](C)[C@H]4N)cnc12. The molecule has 3 atom stereocenters. The maximum Gasteiger partial charge on any atom is 0.222 e. The number of anilines is 3. The molecule has 3 aromatic rings. The van der Waals surface area contributed by atoms with Gasteiger partial charge in [-0.1, -0.05) is 13.0 Å².